The van der Waals surface area contributed by atoms with Crippen molar-refractivity contribution in [1.29, 1.82) is 0 Å². The Labute approximate surface area is 131 Å². The zero-order chi connectivity index (χ0) is 14.7. The minimum atomic E-state index is 0.386. The van der Waals surface area contributed by atoms with Crippen LogP contribution in [0.3, 0.4) is 0 Å². The minimum Gasteiger partial charge on any atom is -0.309 e. The predicted molar refractivity (Wildman–Crippen MR) is 91.9 cm³/mol. The first-order chi connectivity index (χ1) is 10.3. The average molecular weight is 301 g/mol. The number of aromatic nitrogens is 1. The molecule has 1 aliphatic rings. The summed E-state index contributed by atoms with van der Waals surface area (Å²) in [7, 11) is 2.25. The first-order valence-corrected chi connectivity index (χ1v) is 8.81. The van der Waals surface area contributed by atoms with Crippen molar-refractivity contribution < 1.29 is 0 Å². The molecule has 2 atom stereocenters. The first-order valence-electron chi connectivity index (χ1n) is 7.65. The molecule has 1 N–H and O–H groups in total. The van der Waals surface area contributed by atoms with Crippen LogP contribution in [0.2, 0.25) is 0 Å². The maximum atomic E-state index is 4.42. The number of benzene rings is 1. The van der Waals surface area contributed by atoms with E-state index in [1.807, 2.05) is 12.3 Å². The van der Waals surface area contributed by atoms with E-state index in [1.165, 1.54) is 29.0 Å². The van der Waals surface area contributed by atoms with E-state index in [-0.39, 0.29) is 0 Å². The van der Waals surface area contributed by atoms with Gasteiger partial charge in [-0.1, -0.05) is 19.1 Å². The molecule has 0 spiro atoms. The summed E-state index contributed by atoms with van der Waals surface area (Å²) in [6.45, 7) is 4.35. The van der Waals surface area contributed by atoms with Gasteiger partial charge in [0.25, 0.3) is 0 Å². The Morgan fingerprint density at radius 3 is 3.14 bits per heavy atom. The fourth-order valence-electron chi connectivity index (χ4n) is 3.04. The Kier molecular flexibility index (Phi) is 4.78. The van der Waals surface area contributed by atoms with Crippen LogP contribution < -0.4 is 5.32 Å². The molecule has 0 amide bonds. The van der Waals surface area contributed by atoms with E-state index >= 15 is 0 Å². The number of pyridine rings is 1. The third-order valence-electron chi connectivity index (χ3n) is 4.24. The van der Waals surface area contributed by atoms with Crippen LogP contribution >= 0.6 is 11.8 Å². The summed E-state index contributed by atoms with van der Waals surface area (Å²) in [5.41, 5.74) is 2.44. The van der Waals surface area contributed by atoms with Crippen molar-refractivity contribution >= 4 is 22.7 Å². The van der Waals surface area contributed by atoms with E-state index in [4.69, 9.17) is 0 Å². The molecule has 3 nitrogen and oxygen atoms in total. The summed E-state index contributed by atoms with van der Waals surface area (Å²) < 4.78 is 0. The third kappa shape index (κ3) is 3.23. The standard InChI is InChI=1S/C17H23N3S/c1-3-18-17(16-12-21-10-9-20(16)2)14-6-7-15-13(11-14)5-4-8-19-15/h4-8,11,16-18H,3,9-10,12H2,1-2H3. The summed E-state index contributed by atoms with van der Waals surface area (Å²) in [4.78, 5) is 6.92. The number of hydrogen-bond acceptors (Lipinski definition) is 4. The maximum absolute atomic E-state index is 4.42. The van der Waals surface area contributed by atoms with Crippen LogP contribution in [0.1, 0.15) is 18.5 Å². The lowest BCUT2D eigenvalue weighted by atomic mass is 9.97. The number of rotatable bonds is 4. The molecule has 0 bridgehead atoms. The number of fused-ring (bicyclic) bond motifs is 1. The van der Waals surface area contributed by atoms with Crippen molar-refractivity contribution in [3.05, 3.63) is 42.1 Å². The van der Waals surface area contributed by atoms with Crippen LogP contribution in [0.4, 0.5) is 0 Å². The van der Waals surface area contributed by atoms with Gasteiger partial charge in [-0.05, 0) is 37.4 Å². The second-order valence-corrected chi connectivity index (χ2v) is 6.76. The Morgan fingerprint density at radius 1 is 1.43 bits per heavy atom. The summed E-state index contributed by atoms with van der Waals surface area (Å²) in [5, 5.41) is 4.91. The van der Waals surface area contributed by atoms with Crippen molar-refractivity contribution in [2.24, 2.45) is 0 Å². The van der Waals surface area contributed by atoms with Gasteiger partial charge in [0.1, 0.15) is 0 Å². The van der Waals surface area contributed by atoms with Crippen molar-refractivity contribution in [1.82, 2.24) is 15.2 Å². The van der Waals surface area contributed by atoms with Gasteiger partial charge in [0.2, 0.25) is 0 Å². The van der Waals surface area contributed by atoms with Crippen molar-refractivity contribution in [2.45, 2.75) is 19.0 Å². The molecule has 0 saturated carbocycles. The van der Waals surface area contributed by atoms with Gasteiger partial charge in [-0.15, -0.1) is 0 Å². The van der Waals surface area contributed by atoms with Crippen LogP contribution in [0.15, 0.2) is 36.5 Å². The molecule has 1 aromatic carbocycles. The smallest absolute Gasteiger partial charge is 0.0702 e. The quantitative estimate of drug-likeness (QED) is 0.940. The van der Waals surface area contributed by atoms with Crippen LogP contribution in [0, 0.1) is 0 Å². The molecule has 4 heteroatoms. The van der Waals surface area contributed by atoms with Gasteiger partial charge in [-0.2, -0.15) is 11.8 Å². The minimum absolute atomic E-state index is 0.386. The third-order valence-corrected chi connectivity index (χ3v) is 5.29. The Hall–Kier alpha value is -1.10. The maximum Gasteiger partial charge on any atom is 0.0702 e. The summed E-state index contributed by atoms with van der Waals surface area (Å²) in [6.07, 6.45) is 1.86. The Morgan fingerprint density at radius 2 is 2.33 bits per heavy atom. The Balaban J connectivity index is 1.94. The van der Waals surface area contributed by atoms with Gasteiger partial charge in [-0.25, -0.2) is 0 Å². The zero-order valence-corrected chi connectivity index (χ0v) is 13.6. The van der Waals surface area contributed by atoms with E-state index in [1.54, 1.807) is 0 Å². The molecular formula is C17H23N3S. The monoisotopic (exact) mass is 301 g/mol. The van der Waals surface area contributed by atoms with E-state index in [9.17, 15) is 0 Å². The molecule has 0 aliphatic carbocycles. The molecule has 1 fully saturated rings. The summed E-state index contributed by atoms with van der Waals surface area (Å²) >= 11 is 2.07. The number of nitrogens with one attached hydrogen (secondary N) is 1. The molecule has 1 saturated heterocycles. The number of thioether (sulfide) groups is 1. The van der Waals surface area contributed by atoms with Gasteiger partial charge in [0.05, 0.1) is 5.52 Å². The Bertz CT molecular complexity index is 601. The second kappa shape index (κ2) is 6.77. The van der Waals surface area contributed by atoms with Gasteiger partial charge in [0.15, 0.2) is 0 Å². The van der Waals surface area contributed by atoms with Crippen LogP contribution in [-0.2, 0) is 0 Å². The van der Waals surface area contributed by atoms with Gasteiger partial charge in [0, 0.05) is 41.7 Å². The van der Waals surface area contributed by atoms with Crippen LogP contribution in [-0.4, -0.2) is 47.6 Å². The van der Waals surface area contributed by atoms with E-state index in [2.05, 4.69) is 65.2 Å². The summed E-state index contributed by atoms with van der Waals surface area (Å²) in [6, 6.07) is 11.8. The molecule has 21 heavy (non-hydrogen) atoms. The average Bonchev–Trinajstić information content (AvgIpc) is 2.53. The highest BCUT2D eigenvalue weighted by Crippen LogP contribution is 2.28. The lowest BCUT2D eigenvalue weighted by Gasteiger charge is -2.38. The van der Waals surface area contributed by atoms with Crippen molar-refractivity contribution in [2.75, 3.05) is 31.6 Å². The highest BCUT2D eigenvalue weighted by atomic mass is 32.2. The molecule has 0 radical (unpaired) electrons. The number of hydrogen-bond donors (Lipinski definition) is 1. The fourth-order valence-corrected chi connectivity index (χ4v) is 4.31. The van der Waals surface area contributed by atoms with Gasteiger partial charge >= 0.3 is 0 Å². The van der Waals surface area contributed by atoms with Crippen molar-refractivity contribution in [3.8, 4) is 0 Å². The molecule has 1 aromatic heterocycles. The topological polar surface area (TPSA) is 28.2 Å². The fraction of sp³-hybridized carbons (Fsp3) is 0.471. The first kappa shape index (κ1) is 14.8. The van der Waals surface area contributed by atoms with Crippen LogP contribution in [0.5, 0.6) is 0 Å². The molecule has 1 aliphatic heterocycles. The largest absolute Gasteiger partial charge is 0.309 e. The van der Waals surface area contributed by atoms with E-state index < -0.39 is 0 Å². The van der Waals surface area contributed by atoms with E-state index in [0.29, 0.717) is 12.1 Å². The zero-order valence-electron chi connectivity index (χ0n) is 12.7. The van der Waals surface area contributed by atoms with Gasteiger partial charge in [-0.3, -0.25) is 9.88 Å². The SMILES string of the molecule is CCNC(c1ccc2ncccc2c1)C1CSCCN1C. The van der Waals surface area contributed by atoms with Crippen molar-refractivity contribution in [3.63, 3.8) is 0 Å². The van der Waals surface area contributed by atoms with Crippen LogP contribution in [0.25, 0.3) is 10.9 Å². The molecule has 3 rings (SSSR count). The lowest BCUT2D eigenvalue weighted by molar-refractivity contribution is 0.217. The molecule has 2 aromatic rings. The number of likely N-dealkylation sites (N-methyl/N-ethyl adjacent to an activating group) is 2. The predicted octanol–water partition coefficient (Wildman–Crippen LogP) is 2.93. The molecular weight excluding hydrogens is 278 g/mol. The second-order valence-electron chi connectivity index (χ2n) is 5.61. The highest BCUT2D eigenvalue weighted by molar-refractivity contribution is 7.99. The number of nitrogens with zero attached hydrogens (tertiary/aromatic N) is 2. The van der Waals surface area contributed by atoms with Gasteiger partial charge < -0.3 is 5.32 Å². The molecule has 2 heterocycles. The highest BCUT2D eigenvalue weighted by Gasteiger charge is 2.28. The molecule has 112 valence electrons. The molecule has 2 unspecified atom stereocenters. The summed E-state index contributed by atoms with van der Waals surface area (Å²) in [5.74, 6) is 2.44. The van der Waals surface area contributed by atoms with E-state index in [0.717, 1.165) is 12.1 Å². The lowest BCUT2D eigenvalue weighted by Crippen LogP contribution is -2.47. The normalized spacial score (nSPS) is 21.5.